The largest absolute Gasteiger partial charge is 0.497 e. The average Bonchev–Trinajstić information content (AvgIpc) is 1.39. The number of carbonyl (C=O) groups is 12. The zero-order chi connectivity index (χ0) is 109. The number of ether oxygens (including phenoxy) is 1. The minimum Gasteiger partial charge on any atom is -0.497 e. The van der Waals surface area contributed by atoms with Gasteiger partial charge in [0.15, 0.2) is 81.4 Å². The summed E-state index contributed by atoms with van der Waals surface area (Å²) in [6.45, 7) is 11.4. The number of methoxy groups -OCH3 is 1. The second-order valence-corrected chi connectivity index (χ2v) is 49.8. The minimum absolute atomic E-state index is 0.0120. The number of carbonyl (C=O) groups excluding carboxylic acids is 12. The van der Waals surface area contributed by atoms with Crippen LogP contribution in [0.2, 0.25) is 10.0 Å². The molecule has 0 unspecified atom stereocenters. The fourth-order valence-electron chi connectivity index (χ4n) is 10.5. The number of nitrogens with one attached hydrogen (secondary N) is 7. The fourth-order valence-corrected chi connectivity index (χ4v) is 23.5. The minimum atomic E-state index is -4.66. The molecule has 0 aliphatic heterocycles. The van der Waals surface area contributed by atoms with E-state index in [1.54, 1.807) is 44.2 Å². The molecule has 12 aromatic rings. The summed E-state index contributed by atoms with van der Waals surface area (Å²) in [4.78, 5) is 155. The van der Waals surface area contributed by atoms with Crippen LogP contribution in [0.25, 0.3) is 0 Å². The van der Waals surface area contributed by atoms with Gasteiger partial charge < -0.3 is 14.1 Å². The van der Waals surface area contributed by atoms with E-state index in [1.807, 2.05) is 19.0 Å². The first-order valence-electron chi connectivity index (χ1n) is 40.7. The molecule has 0 bridgehead atoms. The zero-order valence-corrected chi connectivity index (χ0v) is 91.6. The van der Waals surface area contributed by atoms with Crippen LogP contribution in [0, 0.1) is 19.7 Å². The van der Waals surface area contributed by atoms with Gasteiger partial charge in [0.2, 0.25) is 5.78 Å². The molecule has 0 atom stereocenters. The summed E-state index contributed by atoms with van der Waals surface area (Å²) in [5, 5.41) is 5.72. The highest BCUT2D eigenvalue weighted by molar-refractivity contribution is 8.15. The van der Waals surface area contributed by atoms with E-state index >= 15 is 0 Å². The van der Waals surface area contributed by atoms with Crippen LogP contribution in [0.5, 0.6) is 5.75 Å². The number of thiophene rings is 1. The first-order chi connectivity index (χ1) is 68.7. The molecule has 0 amide bonds. The molecule has 0 saturated carbocycles. The number of sulfonamides is 6. The Morgan fingerprint density at radius 1 is 0.429 bits per heavy atom. The number of pyridine rings is 1. The molecule has 0 aliphatic carbocycles. The van der Waals surface area contributed by atoms with Crippen molar-refractivity contribution < 1.29 is 135 Å². The van der Waals surface area contributed by atoms with E-state index in [-0.39, 0.29) is 183 Å². The van der Waals surface area contributed by atoms with Crippen LogP contribution in [0.1, 0.15) is 119 Å². The number of alkyl halides is 3. The summed E-state index contributed by atoms with van der Waals surface area (Å²) < 4.78 is 222. The van der Waals surface area contributed by atoms with E-state index in [0.717, 1.165) is 159 Å². The van der Waals surface area contributed by atoms with Crippen molar-refractivity contribution in [3.05, 3.63) is 253 Å². The van der Waals surface area contributed by atoms with Crippen LogP contribution < -0.4 is 38.0 Å². The number of hydrogen-bond acceptors (Lipinski definition) is 41. The number of aryl methyl sites for hydroxylation is 2. The van der Waals surface area contributed by atoms with Gasteiger partial charge >= 0.3 is 12.2 Å². The van der Waals surface area contributed by atoms with Gasteiger partial charge in [0.25, 0.3) is 60.1 Å². The fraction of sp³-hybridized carbons (Fsp3) is 0.207. The van der Waals surface area contributed by atoms with Crippen molar-refractivity contribution >= 4 is 292 Å². The second-order valence-electron chi connectivity index (χ2n) is 28.9. The van der Waals surface area contributed by atoms with E-state index in [1.165, 1.54) is 152 Å². The van der Waals surface area contributed by atoms with Gasteiger partial charge in [-0.25, -0.2) is 74.6 Å². The lowest BCUT2D eigenvalue weighted by atomic mass is 10.2. The molecule has 0 aliphatic rings. The Hall–Kier alpha value is -11.6. The second kappa shape index (κ2) is 55.6. The van der Waals surface area contributed by atoms with Crippen LogP contribution in [-0.2, 0) is 95.1 Å². The lowest BCUT2D eigenvalue weighted by Crippen LogP contribution is -2.14. The van der Waals surface area contributed by atoms with Gasteiger partial charge in [-0.2, -0.15) is 18.3 Å². The normalized spacial score (nSPS) is 11.3. The Bertz CT molecular complexity index is 7580. The first kappa shape index (κ1) is 122. The highest BCUT2D eigenvalue weighted by Gasteiger charge is 2.33. The number of H-pyrrole nitrogens is 1. The molecule has 7 N–H and O–H groups in total. The number of ketones is 6. The van der Waals surface area contributed by atoms with Gasteiger partial charge in [0.1, 0.15) is 28.0 Å². The number of anilines is 7. The van der Waals surface area contributed by atoms with E-state index < -0.39 is 88.4 Å². The molecule has 147 heavy (non-hydrogen) atoms. The summed E-state index contributed by atoms with van der Waals surface area (Å²) in [5.41, 5.74) is 1.02. The highest BCUT2D eigenvalue weighted by Crippen LogP contribution is 2.35. The van der Waals surface area contributed by atoms with Crippen LogP contribution in [-0.4, -0.2) is 202 Å². The van der Waals surface area contributed by atoms with Crippen molar-refractivity contribution in [3.8, 4) is 5.75 Å². The summed E-state index contributed by atoms with van der Waals surface area (Å²) in [5.74, 6) is -2.37. The molecular weight excluding hydrogens is 2270 g/mol. The average molecular weight is 2350 g/mol. The third kappa shape index (κ3) is 40.1. The van der Waals surface area contributed by atoms with Gasteiger partial charge in [-0.05, 0) is 159 Å². The number of aromatic nitrogens is 6. The number of thioether (sulfide) groups is 6. The standard InChI is InChI=1S/C15H12F3NO4S3.C15H13FN2O4S2.C15H17N3O5S2.C14H12Cl2N2O4S3.C14H15N3O5S2.C14H14N2O4S3/c1-9(20)24-8-12(21)13-5-6-14(25-13)19-26(22,23)11-4-2-3-10(7-11)15(16,17)18;1-10(19)23-9-15(20)14-7-4-12(8-17-14)18-24(21,22)13-5-2-11(16)3-6-13;1-10(19)24-9-13(20)14-8-16-15(23-14)17-25(21,22)12-6-4-11(5-7-12)18(2)3;1-7-13(12(20)6-23-8(2)19)24-14(17-7)18-25(21,22)9-3-4-10(15)11(16)5-9;1-9(18)23-8-13(19)12-7-14(16-15-12)17-24(20,21)11-5-3-10(22-2)4-6-11;1-9-13(12(18)8-21-10(2)17)22-14(15-9)16-23(19,20)11-6-4-3-5-7-11/h2-7,19H,8H2,1H3;2-8,18H,9H2,1H3;4-8H,9H2,1-3H3,(H,16,17);3-5H,6H2,1-2H3,(H,17,18);3-7H,8H2,1-2H3,(H2,15,16,17);3-7H,8H2,1-2H3,(H,15,16). The SMILES string of the molecule is CC(=O)SCC(=O)c1ccc(NS(=O)(=O)c2ccc(F)cc2)cn1.CC(=O)SCC(=O)c1ccc(NS(=O)(=O)c2cccc(C(F)(F)F)c2)s1.CC(=O)SCC(=O)c1cnc(NS(=O)(=O)c2ccc(N(C)C)cc2)o1.CC(=O)SCC(=O)c1sc(NS(=O)(=O)c2ccc(Cl)c(Cl)c2)nc1C.CC(=O)SCC(=O)c1sc(NS(=O)(=O)c2ccccc2)nc1C.COc1ccc(S(=O)(=O)Nc2cc(C(=O)CSC(C)=O)[nH]n2)cc1. The number of nitrogens with zero attached hydrogens (tertiary/aromatic N) is 6. The molecular formula is C87H83Cl2F4N13O26S15. The third-order valence-corrected chi connectivity index (χ3v) is 34.8. The van der Waals surface area contributed by atoms with Crippen molar-refractivity contribution in [2.24, 2.45) is 0 Å². The van der Waals surface area contributed by atoms with Gasteiger partial charge in [0, 0.05) is 67.4 Å². The Balaban J connectivity index is 0.000000239. The first-order valence-corrected chi connectivity index (χ1v) is 58.7. The molecule has 6 aromatic carbocycles. The predicted molar refractivity (Wildman–Crippen MR) is 562 cm³/mol. The molecule has 6 aromatic heterocycles. The predicted octanol–water partition coefficient (Wildman–Crippen LogP) is 16.9. The summed E-state index contributed by atoms with van der Waals surface area (Å²) in [6, 6.07) is 38.0. The quantitative estimate of drug-likeness (QED) is 0.0140. The van der Waals surface area contributed by atoms with Crippen molar-refractivity contribution in [1.29, 1.82) is 0 Å². The van der Waals surface area contributed by atoms with Gasteiger partial charge in [-0.3, -0.25) is 91.2 Å². The maximum Gasteiger partial charge on any atom is 0.416 e. The van der Waals surface area contributed by atoms with E-state index in [4.69, 9.17) is 32.4 Å². The third-order valence-electron chi connectivity index (χ3n) is 17.4. The van der Waals surface area contributed by atoms with Crippen molar-refractivity contribution in [3.63, 3.8) is 0 Å². The van der Waals surface area contributed by atoms with E-state index in [2.05, 4.69) is 58.5 Å². The number of benzene rings is 6. The summed E-state index contributed by atoms with van der Waals surface area (Å²) >= 11 is 19.6. The number of aromatic amines is 1. The van der Waals surface area contributed by atoms with Crippen molar-refractivity contribution in [1.82, 2.24) is 30.1 Å². The molecule has 0 fully saturated rings. The smallest absolute Gasteiger partial charge is 0.416 e. The Kier molecular flexibility index (Phi) is 46.3. The summed E-state index contributed by atoms with van der Waals surface area (Å²) in [6.07, 6.45) is -2.34. The van der Waals surface area contributed by atoms with Crippen molar-refractivity contribution in [2.75, 3.05) is 89.0 Å². The van der Waals surface area contributed by atoms with Crippen LogP contribution in [0.3, 0.4) is 0 Å². The number of rotatable bonds is 38. The van der Waals surface area contributed by atoms with Gasteiger partial charge in [0.05, 0.1) is 131 Å². The van der Waals surface area contributed by atoms with Gasteiger partial charge in [-0.15, -0.1) is 11.3 Å². The lowest BCUT2D eigenvalue weighted by Gasteiger charge is -2.12. The monoisotopic (exact) mass is 2350 g/mol. The lowest BCUT2D eigenvalue weighted by molar-refractivity contribution is -0.137. The molecule has 0 radical (unpaired) electrons. The number of halogens is 6. The molecule has 0 spiro atoms. The maximum absolute atomic E-state index is 12.9. The molecule has 39 nitrogen and oxygen atoms in total. The zero-order valence-electron chi connectivity index (χ0n) is 77.8. The molecule has 12 rings (SSSR count). The number of Topliss-reactive ketones (excluding diaryl/α,β-unsaturated/α-hetero) is 6. The number of oxazole rings is 1. The highest BCUT2D eigenvalue weighted by atomic mass is 35.5. The van der Waals surface area contributed by atoms with E-state index in [0.29, 0.717) is 33.0 Å². The van der Waals surface area contributed by atoms with Crippen LogP contribution in [0.4, 0.5) is 56.0 Å². The molecule has 0 saturated heterocycles. The topological polar surface area (TPSA) is 588 Å². The Morgan fingerprint density at radius 2 is 0.857 bits per heavy atom. The summed E-state index contributed by atoms with van der Waals surface area (Å²) in [7, 11) is -18.3. The molecule has 60 heteroatoms. The van der Waals surface area contributed by atoms with Gasteiger partial charge in [-0.1, -0.05) is 141 Å². The Morgan fingerprint density at radius 3 is 1.34 bits per heavy atom. The maximum atomic E-state index is 12.9. The van der Waals surface area contributed by atoms with Crippen molar-refractivity contribution in [2.45, 2.75) is 90.9 Å². The molecule has 784 valence electrons. The number of hydrogen-bond donors (Lipinski definition) is 7. The molecule has 6 heterocycles. The Labute approximate surface area is 887 Å². The van der Waals surface area contributed by atoms with E-state index in [9.17, 15) is 126 Å². The number of thiazole rings is 2. The van der Waals surface area contributed by atoms with Crippen LogP contribution >= 0.6 is 128 Å². The van der Waals surface area contributed by atoms with Crippen LogP contribution in [0.15, 0.2) is 222 Å².